The molecule has 0 radical (unpaired) electrons. The van der Waals surface area contributed by atoms with E-state index in [1.165, 1.54) is 0 Å². The molecule has 0 unspecified atom stereocenters. The van der Waals surface area contributed by atoms with Crippen LogP contribution in [0.2, 0.25) is 0 Å². The van der Waals surface area contributed by atoms with Gasteiger partial charge in [-0.15, -0.1) is 0 Å². The Morgan fingerprint density at radius 2 is 1.89 bits per heavy atom. The van der Waals surface area contributed by atoms with Gasteiger partial charge in [0.2, 0.25) is 0 Å². The van der Waals surface area contributed by atoms with Crippen LogP contribution in [-0.2, 0) is 4.84 Å². The average Bonchev–Trinajstić information content (AvgIpc) is 2.46. The molecule has 1 aromatic carbocycles. The quantitative estimate of drug-likeness (QED) is 0.824. The summed E-state index contributed by atoms with van der Waals surface area (Å²) in [5, 5.41) is 0. The summed E-state index contributed by atoms with van der Waals surface area (Å²) in [6, 6.07) is 5.83. The molecule has 1 aliphatic heterocycles. The first-order valence-electron chi connectivity index (χ1n) is 6.11. The van der Waals surface area contributed by atoms with Gasteiger partial charge in [0.25, 0.3) is 0 Å². The fourth-order valence-electron chi connectivity index (χ4n) is 2.28. The van der Waals surface area contributed by atoms with Crippen molar-refractivity contribution in [1.29, 1.82) is 0 Å². The molecule has 1 saturated heterocycles. The fourth-order valence-corrected chi connectivity index (χ4v) is 2.28. The van der Waals surface area contributed by atoms with Gasteiger partial charge in [-0.1, -0.05) is 0 Å². The Balaban J connectivity index is 2.16. The molecular formula is C13H20N2O3. The normalized spacial score (nSPS) is 16.7. The Morgan fingerprint density at radius 3 is 2.44 bits per heavy atom. The van der Waals surface area contributed by atoms with Crippen LogP contribution < -0.4 is 20.3 Å². The van der Waals surface area contributed by atoms with E-state index in [0.717, 1.165) is 43.1 Å². The molecule has 1 aliphatic rings. The van der Waals surface area contributed by atoms with Crippen molar-refractivity contribution in [3.63, 3.8) is 0 Å². The highest BCUT2D eigenvalue weighted by Gasteiger charge is 2.21. The highest BCUT2D eigenvalue weighted by Crippen LogP contribution is 2.34. The maximum atomic E-state index is 5.40. The molecule has 0 spiro atoms. The number of nitrogens with two attached hydrogens (primary N) is 1. The molecular weight excluding hydrogens is 232 g/mol. The molecule has 5 heteroatoms. The number of piperidine rings is 1. The molecule has 0 saturated carbocycles. The lowest BCUT2D eigenvalue weighted by molar-refractivity contribution is 0.0367. The van der Waals surface area contributed by atoms with Crippen LogP contribution in [0.25, 0.3) is 0 Å². The zero-order chi connectivity index (χ0) is 13.0. The van der Waals surface area contributed by atoms with Crippen LogP contribution in [0.1, 0.15) is 12.8 Å². The van der Waals surface area contributed by atoms with Gasteiger partial charge in [0.05, 0.1) is 26.0 Å². The Hall–Kier alpha value is -1.46. The van der Waals surface area contributed by atoms with Crippen LogP contribution in [0.5, 0.6) is 11.5 Å². The zero-order valence-electron chi connectivity index (χ0n) is 10.9. The largest absolute Gasteiger partial charge is 0.497 e. The number of rotatable bonds is 4. The topological polar surface area (TPSA) is 57.0 Å². The SMILES string of the molecule is COc1ccc(OC)c(N2CCC(ON)CC2)c1. The van der Waals surface area contributed by atoms with Gasteiger partial charge in [-0.3, -0.25) is 0 Å². The van der Waals surface area contributed by atoms with E-state index in [1.807, 2.05) is 18.2 Å². The number of benzene rings is 1. The maximum absolute atomic E-state index is 5.40. The smallest absolute Gasteiger partial charge is 0.142 e. The van der Waals surface area contributed by atoms with E-state index >= 15 is 0 Å². The highest BCUT2D eigenvalue weighted by atomic mass is 16.6. The van der Waals surface area contributed by atoms with Crippen molar-refractivity contribution >= 4 is 5.69 Å². The molecule has 0 atom stereocenters. The van der Waals surface area contributed by atoms with E-state index in [1.54, 1.807) is 14.2 Å². The first kappa shape index (κ1) is 13.0. The number of hydrogen-bond acceptors (Lipinski definition) is 5. The average molecular weight is 252 g/mol. The van der Waals surface area contributed by atoms with E-state index < -0.39 is 0 Å². The molecule has 0 bridgehead atoms. The number of anilines is 1. The zero-order valence-corrected chi connectivity index (χ0v) is 10.9. The van der Waals surface area contributed by atoms with Gasteiger partial charge >= 0.3 is 0 Å². The summed E-state index contributed by atoms with van der Waals surface area (Å²) in [6.45, 7) is 1.82. The summed E-state index contributed by atoms with van der Waals surface area (Å²) in [7, 11) is 3.35. The third-order valence-corrected chi connectivity index (χ3v) is 3.36. The van der Waals surface area contributed by atoms with Crippen LogP contribution in [0, 0.1) is 0 Å². The lowest BCUT2D eigenvalue weighted by atomic mass is 10.1. The number of ether oxygens (including phenoxy) is 2. The lowest BCUT2D eigenvalue weighted by Gasteiger charge is -2.33. The van der Waals surface area contributed by atoms with E-state index in [0.29, 0.717) is 0 Å². The summed E-state index contributed by atoms with van der Waals surface area (Å²) >= 11 is 0. The van der Waals surface area contributed by atoms with E-state index in [4.69, 9.17) is 20.2 Å². The molecule has 2 N–H and O–H groups in total. The predicted octanol–water partition coefficient (Wildman–Crippen LogP) is 1.56. The Morgan fingerprint density at radius 1 is 1.17 bits per heavy atom. The minimum atomic E-state index is 0.165. The van der Waals surface area contributed by atoms with E-state index in [2.05, 4.69) is 4.90 Å². The van der Waals surface area contributed by atoms with Gasteiger partial charge in [-0.05, 0) is 25.0 Å². The molecule has 0 aromatic heterocycles. The van der Waals surface area contributed by atoms with Gasteiger partial charge < -0.3 is 19.2 Å². The lowest BCUT2D eigenvalue weighted by Crippen LogP contribution is -2.38. The predicted molar refractivity (Wildman–Crippen MR) is 70.1 cm³/mol. The minimum absolute atomic E-state index is 0.165. The second-order valence-corrected chi connectivity index (χ2v) is 4.36. The first-order valence-corrected chi connectivity index (χ1v) is 6.11. The molecule has 100 valence electrons. The van der Waals surface area contributed by atoms with Gasteiger partial charge in [-0.25, -0.2) is 5.90 Å². The molecule has 1 fully saturated rings. The van der Waals surface area contributed by atoms with Gasteiger partial charge in [0.15, 0.2) is 0 Å². The summed E-state index contributed by atoms with van der Waals surface area (Å²) in [5.74, 6) is 6.93. The van der Waals surface area contributed by atoms with Crippen molar-refractivity contribution in [2.45, 2.75) is 18.9 Å². The van der Waals surface area contributed by atoms with Crippen molar-refractivity contribution < 1.29 is 14.3 Å². The van der Waals surface area contributed by atoms with Crippen LogP contribution >= 0.6 is 0 Å². The molecule has 5 nitrogen and oxygen atoms in total. The summed E-state index contributed by atoms with van der Waals surface area (Å²) in [4.78, 5) is 7.17. The Bertz CT molecular complexity index is 390. The van der Waals surface area contributed by atoms with Crippen LogP contribution in [0.15, 0.2) is 18.2 Å². The Kier molecular flexibility index (Phi) is 4.28. The fraction of sp³-hybridized carbons (Fsp3) is 0.538. The first-order chi connectivity index (χ1) is 8.78. The third kappa shape index (κ3) is 2.68. The van der Waals surface area contributed by atoms with E-state index in [9.17, 15) is 0 Å². The van der Waals surface area contributed by atoms with Crippen molar-refractivity contribution in [2.75, 3.05) is 32.2 Å². The molecule has 0 aliphatic carbocycles. The van der Waals surface area contributed by atoms with Crippen LogP contribution in [0.4, 0.5) is 5.69 Å². The summed E-state index contributed by atoms with van der Waals surface area (Å²) in [6.07, 6.45) is 2.02. The highest BCUT2D eigenvalue weighted by molar-refractivity contribution is 5.61. The van der Waals surface area contributed by atoms with Gasteiger partial charge in [-0.2, -0.15) is 0 Å². The van der Waals surface area contributed by atoms with Gasteiger partial charge in [0.1, 0.15) is 11.5 Å². The van der Waals surface area contributed by atoms with Crippen molar-refractivity contribution in [3.8, 4) is 11.5 Å². The molecule has 1 heterocycles. The molecule has 1 aromatic rings. The third-order valence-electron chi connectivity index (χ3n) is 3.36. The van der Waals surface area contributed by atoms with Crippen molar-refractivity contribution in [3.05, 3.63) is 18.2 Å². The van der Waals surface area contributed by atoms with Gasteiger partial charge in [0, 0.05) is 19.2 Å². The maximum Gasteiger partial charge on any atom is 0.142 e. The second-order valence-electron chi connectivity index (χ2n) is 4.36. The molecule has 18 heavy (non-hydrogen) atoms. The Labute approximate surface area is 107 Å². The van der Waals surface area contributed by atoms with Crippen molar-refractivity contribution in [1.82, 2.24) is 0 Å². The van der Waals surface area contributed by atoms with E-state index in [-0.39, 0.29) is 6.10 Å². The number of methoxy groups -OCH3 is 2. The standard InChI is InChI=1S/C13H20N2O3/c1-16-11-3-4-13(17-2)12(9-11)15-7-5-10(18-14)6-8-15/h3-4,9-10H,5-8,14H2,1-2H3. The number of hydrogen-bond donors (Lipinski definition) is 1. The summed E-state index contributed by atoms with van der Waals surface area (Å²) < 4.78 is 10.7. The van der Waals surface area contributed by atoms with Crippen molar-refractivity contribution in [2.24, 2.45) is 5.90 Å². The van der Waals surface area contributed by atoms with Crippen LogP contribution in [0.3, 0.4) is 0 Å². The monoisotopic (exact) mass is 252 g/mol. The molecule has 0 amide bonds. The summed E-state index contributed by atoms with van der Waals surface area (Å²) in [5.41, 5.74) is 1.06. The minimum Gasteiger partial charge on any atom is -0.497 e. The molecule has 2 rings (SSSR count). The van der Waals surface area contributed by atoms with Crippen LogP contribution in [-0.4, -0.2) is 33.4 Å². The second kappa shape index (κ2) is 5.93. The number of nitrogens with zero attached hydrogens (tertiary/aromatic N) is 1.